The van der Waals surface area contributed by atoms with Gasteiger partial charge in [-0.05, 0) is 19.8 Å². The first-order valence-corrected chi connectivity index (χ1v) is 7.64. The van der Waals surface area contributed by atoms with Crippen LogP contribution in [0.4, 0.5) is 13.2 Å². The Morgan fingerprint density at radius 1 is 1.24 bits per heavy atom. The molecule has 0 radical (unpaired) electrons. The third-order valence-electron chi connectivity index (χ3n) is 4.10. The van der Waals surface area contributed by atoms with Crippen molar-refractivity contribution in [2.45, 2.75) is 32.0 Å². The Morgan fingerprint density at radius 2 is 1.76 bits per heavy atom. The van der Waals surface area contributed by atoms with Gasteiger partial charge >= 0.3 is 12.1 Å². The van der Waals surface area contributed by atoms with Gasteiger partial charge in [-0.3, -0.25) is 19.3 Å². The number of ether oxygens (including phenoxy) is 1. The molecular weight excluding hydrogens is 345 g/mol. The monoisotopic (exact) mass is 362 g/mol. The molecule has 1 heterocycles. The van der Waals surface area contributed by atoms with Crippen molar-refractivity contribution in [2.75, 3.05) is 13.2 Å². The number of fused-ring (bicyclic) bond motifs is 1. The van der Waals surface area contributed by atoms with Crippen LogP contribution in [0.15, 0.2) is 12.2 Å². The quantitative estimate of drug-likeness (QED) is 0.438. The predicted octanol–water partition coefficient (Wildman–Crippen LogP) is 0.548. The minimum absolute atomic E-state index is 0.410. The van der Waals surface area contributed by atoms with Crippen LogP contribution < -0.4 is 5.32 Å². The second-order valence-corrected chi connectivity index (χ2v) is 5.88. The number of allylic oxidation sites excluding steroid dienone is 2. The molecule has 25 heavy (non-hydrogen) atoms. The van der Waals surface area contributed by atoms with E-state index >= 15 is 0 Å². The van der Waals surface area contributed by atoms with Gasteiger partial charge in [-0.25, -0.2) is 4.79 Å². The molecule has 1 saturated heterocycles. The largest absolute Gasteiger partial charge is 0.454 e. The van der Waals surface area contributed by atoms with E-state index in [4.69, 9.17) is 0 Å². The lowest BCUT2D eigenvalue weighted by Crippen LogP contribution is -2.45. The van der Waals surface area contributed by atoms with Gasteiger partial charge in [0.15, 0.2) is 6.61 Å². The van der Waals surface area contributed by atoms with E-state index in [-0.39, 0.29) is 0 Å². The molecule has 0 aromatic carbocycles. The number of esters is 1. The normalized spacial score (nSPS) is 24.1. The first-order valence-electron chi connectivity index (χ1n) is 7.64. The van der Waals surface area contributed by atoms with Crippen molar-refractivity contribution in [3.8, 4) is 0 Å². The standard InChI is InChI=1S/C15H17F3N2O5/c1-8(14(24)25-6-11(21)19-7-15(16,17)18)20-12(22)9-4-2-3-5-10(9)13(20)23/h2-3,8-10H,4-7H2,1H3,(H,19,21)/t8-,9+,10+/m0/s1. The number of amides is 3. The van der Waals surface area contributed by atoms with E-state index in [9.17, 15) is 32.3 Å². The Labute approximate surface area is 141 Å². The van der Waals surface area contributed by atoms with Crippen molar-refractivity contribution in [1.29, 1.82) is 0 Å². The second kappa shape index (κ2) is 7.24. The molecule has 0 saturated carbocycles. The molecule has 0 spiro atoms. The molecule has 0 aromatic rings. The van der Waals surface area contributed by atoms with Gasteiger partial charge in [0.1, 0.15) is 12.6 Å². The summed E-state index contributed by atoms with van der Waals surface area (Å²) in [5.41, 5.74) is 0. The van der Waals surface area contributed by atoms with E-state index in [1.54, 1.807) is 17.5 Å². The molecule has 0 aromatic heterocycles. The maximum atomic E-state index is 12.3. The number of likely N-dealkylation sites (tertiary alicyclic amines) is 1. The van der Waals surface area contributed by atoms with Crippen LogP contribution in [0.3, 0.4) is 0 Å². The molecule has 10 heteroatoms. The number of hydrogen-bond acceptors (Lipinski definition) is 5. The second-order valence-electron chi connectivity index (χ2n) is 5.88. The highest BCUT2D eigenvalue weighted by molar-refractivity contribution is 6.08. The first-order chi connectivity index (χ1) is 11.6. The Kier molecular flexibility index (Phi) is 5.48. The summed E-state index contributed by atoms with van der Waals surface area (Å²) in [6.45, 7) is -1.20. The molecule has 7 nitrogen and oxygen atoms in total. The highest BCUT2D eigenvalue weighted by Crippen LogP contribution is 2.36. The first kappa shape index (κ1) is 18.9. The molecule has 2 rings (SSSR count). The maximum absolute atomic E-state index is 12.3. The van der Waals surface area contributed by atoms with Crippen molar-refractivity contribution in [2.24, 2.45) is 11.8 Å². The number of alkyl halides is 3. The molecule has 1 aliphatic heterocycles. The van der Waals surface area contributed by atoms with Crippen LogP contribution in [0.2, 0.25) is 0 Å². The average molecular weight is 362 g/mol. The van der Waals surface area contributed by atoms with Crippen molar-refractivity contribution in [1.82, 2.24) is 10.2 Å². The minimum Gasteiger partial charge on any atom is -0.454 e. The fraction of sp³-hybridized carbons (Fsp3) is 0.600. The van der Waals surface area contributed by atoms with E-state index in [0.717, 1.165) is 4.90 Å². The lowest BCUT2D eigenvalue weighted by molar-refractivity contribution is -0.160. The van der Waals surface area contributed by atoms with Crippen LogP contribution >= 0.6 is 0 Å². The fourth-order valence-electron chi connectivity index (χ4n) is 2.82. The summed E-state index contributed by atoms with van der Waals surface area (Å²) in [5.74, 6) is -4.15. The van der Waals surface area contributed by atoms with Crippen molar-refractivity contribution in [3.63, 3.8) is 0 Å². The zero-order chi connectivity index (χ0) is 18.8. The number of imide groups is 1. The summed E-state index contributed by atoms with van der Waals surface area (Å²) in [6.07, 6.45) is -0.167. The average Bonchev–Trinajstić information content (AvgIpc) is 2.81. The molecule has 1 aliphatic carbocycles. The van der Waals surface area contributed by atoms with Gasteiger partial charge in [0.05, 0.1) is 11.8 Å². The van der Waals surface area contributed by atoms with Gasteiger partial charge in [-0.1, -0.05) is 12.2 Å². The number of rotatable bonds is 5. The zero-order valence-corrected chi connectivity index (χ0v) is 13.3. The van der Waals surface area contributed by atoms with E-state index in [2.05, 4.69) is 4.74 Å². The van der Waals surface area contributed by atoms with E-state index < -0.39 is 60.9 Å². The highest BCUT2D eigenvalue weighted by atomic mass is 19.4. The summed E-state index contributed by atoms with van der Waals surface area (Å²) < 4.78 is 40.5. The molecule has 2 aliphatic rings. The van der Waals surface area contributed by atoms with Crippen molar-refractivity contribution >= 4 is 23.7 Å². The minimum atomic E-state index is -4.58. The Balaban J connectivity index is 1.89. The smallest absolute Gasteiger partial charge is 0.405 e. The van der Waals surface area contributed by atoms with E-state index in [0.29, 0.717) is 12.8 Å². The lowest BCUT2D eigenvalue weighted by Gasteiger charge is -2.21. The molecule has 1 fully saturated rings. The van der Waals surface area contributed by atoms with E-state index in [1.165, 1.54) is 6.92 Å². The van der Waals surface area contributed by atoms with Gasteiger partial charge in [0.2, 0.25) is 11.8 Å². The van der Waals surface area contributed by atoms with Crippen LogP contribution in [0, 0.1) is 11.8 Å². The number of halogens is 3. The number of hydrogen-bond donors (Lipinski definition) is 1. The number of nitrogens with zero attached hydrogens (tertiary/aromatic N) is 1. The summed E-state index contributed by atoms with van der Waals surface area (Å²) in [7, 11) is 0. The molecule has 3 amide bonds. The topological polar surface area (TPSA) is 92.8 Å². The van der Waals surface area contributed by atoms with Crippen molar-refractivity contribution < 1.29 is 37.1 Å². The summed E-state index contributed by atoms with van der Waals surface area (Å²) >= 11 is 0. The highest BCUT2D eigenvalue weighted by Gasteiger charge is 2.50. The maximum Gasteiger partial charge on any atom is 0.405 e. The summed E-state index contributed by atoms with van der Waals surface area (Å²) in [5, 5.41) is 1.55. The Hall–Kier alpha value is -2.39. The van der Waals surface area contributed by atoms with Crippen molar-refractivity contribution in [3.05, 3.63) is 12.2 Å². The summed E-state index contributed by atoms with van der Waals surface area (Å²) in [6, 6.07) is -1.25. The van der Waals surface area contributed by atoms with Crippen LogP contribution in [0.5, 0.6) is 0 Å². The Morgan fingerprint density at radius 3 is 2.24 bits per heavy atom. The molecule has 0 bridgehead atoms. The van der Waals surface area contributed by atoms with Crippen LogP contribution in [0.1, 0.15) is 19.8 Å². The zero-order valence-electron chi connectivity index (χ0n) is 13.3. The number of carbonyl (C=O) groups is 4. The Bertz CT molecular complexity index is 591. The molecule has 0 unspecified atom stereocenters. The molecule has 3 atom stereocenters. The number of carbonyl (C=O) groups excluding carboxylic acids is 4. The van der Waals surface area contributed by atoms with Crippen LogP contribution in [-0.4, -0.2) is 54.0 Å². The van der Waals surface area contributed by atoms with Gasteiger partial charge in [0, 0.05) is 0 Å². The van der Waals surface area contributed by atoms with Gasteiger partial charge < -0.3 is 10.1 Å². The van der Waals surface area contributed by atoms with Gasteiger partial charge in [0.25, 0.3) is 5.91 Å². The molecular formula is C15H17F3N2O5. The summed E-state index contributed by atoms with van der Waals surface area (Å²) in [4.78, 5) is 48.6. The lowest BCUT2D eigenvalue weighted by atomic mass is 9.85. The van der Waals surface area contributed by atoms with Crippen LogP contribution in [-0.2, 0) is 23.9 Å². The van der Waals surface area contributed by atoms with Crippen LogP contribution in [0.25, 0.3) is 0 Å². The molecule has 138 valence electrons. The fourth-order valence-corrected chi connectivity index (χ4v) is 2.82. The van der Waals surface area contributed by atoms with Gasteiger partial charge in [-0.15, -0.1) is 0 Å². The third kappa shape index (κ3) is 4.37. The third-order valence-corrected chi connectivity index (χ3v) is 4.10. The van der Waals surface area contributed by atoms with Gasteiger partial charge in [-0.2, -0.15) is 13.2 Å². The molecule has 1 N–H and O–H groups in total. The predicted molar refractivity (Wildman–Crippen MR) is 76.7 cm³/mol. The van der Waals surface area contributed by atoms with E-state index in [1.807, 2.05) is 0 Å². The SMILES string of the molecule is C[C@@H](C(=O)OCC(=O)NCC(F)(F)F)N1C(=O)[C@@H]2CC=CC[C@H]2C1=O. The number of nitrogens with one attached hydrogen (secondary N) is 1.